The molecule has 2 aromatic rings. The molecule has 2 saturated carbocycles. The summed E-state index contributed by atoms with van der Waals surface area (Å²) in [5, 5.41) is 6.28. The fraction of sp³-hybridized carbons (Fsp3) is 0.571. The van der Waals surface area contributed by atoms with Crippen molar-refractivity contribution in [2.24, 2.45) is 5.92 Å². The maximum atomic E-state index is 13.0. The second kappa shape index (κ2) is 11.3. The number of Topliss-reactive ketones (excluding diaryl/α,β-unsaturated/α-hetero) is 1. The van der Waals surface area contributed by atoms with Crippen molar-refractivity contribution in [3.05, 3.63) is 47.9 Å². The van der Waals surface area contributed by atoms with E-state index in [0.29, 0.717) is 30.4 Å². The average Bonchev–Trinajstić information content (AvgIpc) is 3.71. The number of hydrogen-bond donors (Lipinski definition) is 2. The van der Waals surface area contributed by atoms with E-state index in [2.05, 4.69) is 25.5 Å². The average molecular weight is 478 g/mol. The van der Waals surface area contributed by atoms with Crippen LogP contribution in [0.1, 0.15) is 88.2 Å². The van der Waals surface area contributed by atoms with Crippen molar-refractivity contribution in [1.29, 1.82) is 0 Å². The quantitative estimate of drug-likeness (QED) is 0.467. The first kappa shape index (κ1) is 25.3. The van der Waals surface area contributed by atoms with Crippen LogP contribution in [-0.2, 0) is 11.3 Å². The molecule has 1 aromatic carbocycles. The number of nitrogens with one attached hydrogen (secondary N) is 2. The Morgan fingerprint density at radius 2 is 1.74 bits per heavy atom. The van der Waals surface area contributed by atoms with Gasteiger partial charge in [0, 0.05) is 37.3 Å². The smallest absolute Gasteiger partial charge is 0.274 e. The van der Waals surface area contributed by atoms with Crippen molar-refractivity contribution >= 4 is 23.2 Å². The lowest BCUT2D eigenvalue weighted by molar-refractivity contribution is -0.124. The molecule has 2 aliphatic rings. The number of aromatic nitrogens is 2. The zero-order valence-electron chi connectivity index (χ0n) is 21.3. The molecular weight excluding hydrogens is 438 g/mol. The fourth-order valence-electron chi connectivity index (χ4n) is 4.79. The predicted octanol–water partition coefficient (Wildman–Crippen LogP) is 5.13. The van der Waals surface area contributed by atoms with E-state index in [1.807, 2.05) is 51.1 Å². The van der Waals surface area contributed by atoms with Gasteiger partial charge in [0.2, 0.25) is 0 Å². The minimum Gasteiger partial charge on any atom is -0.353 e. The Morgan fingerprint density at radius 1 is 1.03 bits per heavy atom. The molecule has 0 atom stereocenters. The van der Waals surface area contributed by atoms with Crippen LogP contribution in [0.15, 0.2) is 36.7 Å². The molecule has 1 amide bonds. The van der Waals surface area contributed by atoms with Gasteiger partial charge in [-0.2, -0.15) is 0 Å². The molecule has 0 bridgehead atoms. The summed E-state index contributed by atoms with van der Waals surface area (Å²) in [4.78, 5) is 36.3. The first-order chi connectivity index (χ1) is 16.9. The molecule has 4 rings (SSSR count). The molecule has 0 radical (unpaired) electrons. The second-order valence-electron chi connectivity index (χ2n) is 10.6. The molecule has 7 nitrogen and oxygen atoms in total. The van der Waals surface area contributed by atoms with Gasteiger partial charge in [0.05, 0.1) is 5.54 Å². The van der Waals surface area contributed by atoms with E-state index in [9.17, 15) is 9.59 Å². The number of amides is 1. The number of hydrogen-bond acceptors (Lipinski definition) is 6. The third-order valence-corrected chi connectivity index (χ3v) is 7.31. The third kappa shape index (κ3) is 6.88. The Labute approximate surface area is 209 Å². The standard InChI is InChI=1S/C28H39N5O2/c1-4-25(34)28(2,3)31-17-20-12-14-22(15-13-20)32-27(35)24-16-26(30-19-29-24)33(18-21-10-11-21)23-8-6-5-7-9-23/h12-16,19,21,23,31H,4-11,17-18H2,1-3H3,(H,32,35). The van der Waals surface area contributed by atoms with Gasteiger partial charge >= 0.3 is 0 Å². The summed E-state index contributed by atoms with van der Waals surface area (Å²) in [7, 11) is 0. The first-order valence-corrected chi connectivity index (χ1v) is 13.1. The summed E-state index contributed by atoms with van der Waals surface area (Å²) < 4.78 is 0. The molecule has 1 heterocycles. The van der Waals surface area contributed by atoms with Crippen LogP contribution in [0.4, 0.5) is 11.5 Å². The lowest BCUT2D eigenvalue weighted by Gasteiger charge is -2.35. The maximum absolute atomic E-state index is 13.0. The van der Waals surface area contributed by atoms with Gasteiger partial charge in [-0.3, -0.25) is 9.59 Å². The highest BCUT2D eigenvalue weighted by Gasteiger charge is 2.30. The molecule has 7 heteroatoms. The summed E-state index contributed by atoms with van der Waals surface area (Å²) in [5.74, 6) is 1.58. The van der Waals surface area contributed by atoms with Crippen molar-refractivity contribution in [2.45, 2.75) is 90.3 Å². The summed E-state index contributed by atoms with van der Waals surface area (Å²) in [6.07, 6.45) is 10.8. The summed E-state index contributed by atoms with van der Waals surface area (Å²) in [6, 6.07) is 10.0. The predicted molar refractivity (Wildman–Crippen MR) is 140 cm³/mol. The molecule has 2 aliphatic carbocycles. The number of carbonyl (C=O) groups excluding carboxylic acids is 2. The first-order valence-electron chi connectivity index (χ1n) is 13.1. The van der Waals surface area contributed by atoms with Crippen molar-refractivity contribution in [3.63, 3.8) is 0 Å². The van der Waals surface area contributed by atoms with E-state index in [1.165, 1.54) is 51.3 Å². The molecular formula is C28H39N5O2. The van der Waals surface area contributed by atoms with Crippen LogP contribution < -0.4 is 15.5 Å². The van der Waals surface area contributed by atoms with Crippen molar-refractivity contribution < 1.29 is 9.59 Å². The van der Waals surface area contributed by atoms with E-state index in [1.54, 1.807) is 0 Å². The Kier molecular flexibility index (Phi) is 8.16. The SMILES string of the molecule is CCC(=O)C(C)(C)NCc1ccc(NC(=O)c2cc(N(CC3CC3)C3CCCCC3)ncn2)cc1. The molecule has 0 unspecified atom stereocenters. The monoisotopic (exact) mass is 477 g/mol. The summed E-state index contributed by atoms with van der Waals surface area (Å²) >= 11 is 0. The van der Waals surface area contributed by atoms with E-state index in [4.69, 9.17) is 0 Å². The molecule has 35 heavy (non-hydrogen) atoms. The largest absolute Gasteiger partial charge is 0.353 e. The minimum atomic E-state index is -0.558. The van der Waals surface area contributed by atoms with Crippen molar-refractivity contribution in [3.8, 4) is 0 Å². The molecule has 1 aromatic heterocycles. The van der Waals surface area contributed by atoms with Crippen LogP contribution in [0.25, 0.3) is 0 Å². The van der Waals surface area contributed by atoms with Crippen LogP contribution in [0.3, 0.4) is 0 Å². The van der Waals surface area contributed by atoms with Crippen LogP contribution in [0.2, 0.25) is 0 Å². The van der Waals surface area contributed by atoms with Crippen molar-refractivity contribution in [1.82, 2.24) is 15.3 Å². The van der Waals surface area contributed by atoms with Gasteiger partial charge in [-0.05, 0) is 63.1 Å². The molecule has 2 fully saturated rings. The van der Waals surface area contributed by atoms with Gasteiger partial charge in [0.25, 0.3) is 5.91 Å². The lowest BCUT2D eigenvalue weighted by Crippen LogP contribution is -2.45. The molecule has 2 N–H and O–H groups in total. The number of benzene rings is 1. The van der Waals surface area contributed by atoms with E-state index in [0.717, 1.165) is 23.8 Å². The molecule has 0 spiro atoms. The topological polar surface area (TPSA) is 87.2 Å². The second-order valence-corrected chi connectivity index (χ2v) is 10.6. The minimum absolute atomic E-state index is 0.185. The fourth-order valence-corrected chi connectivity index (χ4v) is 4.79. The van der Waals surface area contributed by atoms with Gasteiger partial charge in [-0.15, -0.1) is 0 Å². The zero-order valence-corrected chi connectivity index (χ0v) is 21.3. The Morgan fingerprint density at radius 3 is 2.40 bits per heavy atom. The van der Waals surface area contributed by atoms with Gasteiger partial charge in [-0.1, -0.05) is 38.3 Å². The highest BCUT2D eigenvalue weighted by Crippen LogP contribution is 2.34. The third-order valence-electron chi connectivity index (χ3n) is 7.31. The van der Waals surface area contributed by atoms with Gasteiger partial charge < -0.3 is 15.5 Å². The molecule has 188 valence electrons. The maximum Gasteiger partial charge on any atom is 0.274 e. The zero-order chi connectivity index (χ0) is 24.8. The number of carbonyl (C=O) groups is 2. The van der Waals surface area contributed by atoms with E-state index in [-0.39, 0.29) is 11.7 Å². The highest BCUT2D eigenvalue weighted by atomic mass is 16.2. The normalized spacial score (nSPS) is 16.7. The van der Waals surface area contributed by atoms with Gasteiger partial charge in [-0.25, -0.2) is 9.97 Å². The van der Waals surface area contributed by atoms with Crippen LogP contribution in [0, 0.1) is 5.92 Å². The number of nitrogens with zero attached hydrogens (tertiary/aromatic N) is 3. The lowest BCUT2D eigenvalue weighted by atomic mass is 9.94. The number of anilines is 2. The Hall–Kier alpha value is -2.80. The van der Waals surface area contributed by atoms with Crippen molar-refractivity contribution in [2.75, 3.05) is 16.8 Å². The highest BCUT2D eigenvalue weighted by molar-refractivity contribution is 6.03. The number of rotatable bonds is 11. The Balaban J connectivity index is 1.39. The van der Waals surface area contributed by atoms with Gasteiger partial charge in [0.1, 0.15) is 17.8 Å². The van der Waals surface area contributed by atoms with Crippen LogP contribution in [0.5, 0.6) is 0 Å². The summed E-state index contributed by atoms with van der Waals surface area (Å²) in [5.41, 5.74) is 1.59. The van der Waals surface area contributed by atoms with Gasteiger partial charge in [0.15, 0.2) is 5.78 Å². The Bertz CT molecular complexity index is 1010. The van der Waals surface area contributed by atoms with Crippen LogP contribution in [-0.4, -0.2) is 39.8 Å². The molecule has 0 aliphatic heterocycles. The number of ketones is 1. The summed E-state index contributed by atoms with van der Waals surface area (Å²) in [6.45, 7) is 7.30. The van der Waals surface area contributed by atoms with E-state index < -0.39 is 5.54 Å². The van der Waals surface area contributed by atoms with Crippen LogP contribution >= 0.6 is 0 Å². The van der Waals surface area contributed by atoms with E-state index >= 15 is 0 Å². The molecule has 0 saturated heterocycles.